The third-order valence-electron chi connectivity index (χ3n) is 3.76. The Labute approximate surface area is 113 Å². The topological polar surface area (TPSA) is 70.4 Å². The van der Waals surface area contributed by atoms with Crippen molar-refractivity contribution < 1.29 is 9.90 Å². The van der Waals surface area contributed by atoms with Crippen molar-refractivity contribution in [1.29, 1.82) is 0 Å². The summed E-state index contributed by atoms with van der Waals surface area (Å²) in [6.07, 6.45) is 3.85. The van der Waals surface area contributed by atoms with Crippen molar-refractivity contribution in [3.63, 3.8) is 0 Å². The number of carboxylic acid groups (broad SMARTS) is 1. The van der Waals surface area contributed by atoms with E-state index in [1.165, 1.54) is 19.0 Å². The Balaban J connectivity index is 2.04. The number of rotatable bonds is 5. The smallest absolute Gasteiger partial charge is 0.339 e. The maximum atomic E-state index is 11.2. The third kappa shape index (κ3) is 3.33. The highest BCUT2D eigenvalue weighted by atomic mass is 16.4. The molecule has 1 aliphatic rings. The van der Waals surface area contributed by atoms with E-state index in [9.17, 15) is 4.79 Å². The molecule has 1 unspecified atom stereocenters. The molecule has 106 valence electrons. The molecule has 1 aromatic rings. The fourth-order valence-electron chi connectivity index (χ4n) is 2.79. The van der Waals surface area contributed by atoms with Crippen molar-refractivity contribution >= 4 is 5.97 Å². The lowest BCUT2D eigenvalue weighted by Gasteiger charge is -2.32. The zero-order valence-corrected chi connectivity index (χ0v) is 11.6. The molecule has 1 aliphatic heterocycles. The summed E-state index contributed by atoms with van der Waals surface area (Å²) < 4.78 is 1.67. The van der Waals surface area contributed by atoms with Crippen molar-refractivity contribution in [2.24, 2.45) is 13.0 Å². The van der Waals surface area contributed by atoms with Crippen molar-refractivity contribution in [2.75, 3.05) is 26.7 Å². The van der Waals surface area contributed by atoms with Crippen molar-refractivity contribution in [1.82, 2.24) is 20.0 Å². The first kappa shape index (κ1) is 14.0. The molecule has 0 bridgehead atoms. The van der Waals surface area contributed by atoms with E-state index in [1.807, 2.05) is 7.05 Å². The second-order valence-electron chi connectivity index (χ2n) is 5.23. The van der Waals surface area contributed by atoms with Gasteiger partial charge in [-0.05, 0) is 38.9 Å². The quantitative estimate of drug-likeness (QED) is 0.814. The standard InChI is InChI=1S/C13H22N4O2/c1-14-6-10-4-3-5-17(8-10)9-12-11(13(18)19)7-15-16(12)2/h7,10,14H,3-6,8-9H2,1-2H3,(H,18,19). The normalized spacial score (nSPS) is 20.6. The average molecular weight is 266 g/mol. The molecule has 19 heavy (non-hydrogen) atoms. The first-order valence-corrected chi connectivity index (χ1v) is 6.73. The number of likely N-dealkylation sites (tertiary alicyclic amines) is 1. The van der Waals surface area contributed by atoms with E-state index in [1.54, 1.807) is 11.7 Å². The SMILES string of the molecule is CNCC1CCCN(Cc2c(C(=O)O)cnn2C)C1. The van der Waals surface area contributed by atoms with E-state index >= 15 is 0 Å². The summed E-state index contributed by atoms with van der Waals surface area (Å²) in [6.45, 7) is 3.74. The van der Waals surface area contributed by atoms with Crippen LogP contribution in [-0.2, 0) is 13.6 Å². The molecule has 0 amide bonds. The molecular weight excluding hydrogens is 244 g/mol. The van der Waals surface area contributed by atoms with Gasteiger partial charge in [-0.15, -0.1) is 0 Å². The maximum Gasteiger partial charge on any atom is 0.339 e. The summed E-state index contributed by atoms with van der Waals surface area (Å²) in [7, 11) is 3.78. The van der Waals surface area contributed by atoms with Gasteiger partial charge in [0.15, 0.2) is 0 Å². The lowest BCUT2D eigenvalue weighted by molar-refractivity contribution is 0.0693. The van der Waals surface area contributed by atoms with Crippen LogP contribution in [0.1, 0.15) is 28.9 Å². The highest BCUT2D eigenvalue weighted by Gasteiger charge is 2.23. The Morgan fingerprint density at radius 1 is 1.63 bits per heavy atom. The van der Waals surface area contributed by atoms with Crippen molar-refractivity contribution in [3.05, 3.63) is 17.5 Å². The molecule has 0 saturated carbocycles. The van der Waals surface area contributed by atoms with E-state index in [0.717, 1.165) is 25.3 Å². The summed E-state index contributed by atoms with van der Waals surface area (Å²) in [6, 6.07) is 0. The first-order chi connectivity index (χ1) is 9.11. The monoisotopic (exact) mass is 266 g/mol. The van der Waals surface area contributed by atoms with Crippen LogP contribution in [0.25, 0.3) is 0 Å². The number of hydrogen-bond acceptors (Lipinski definition) is 4. The summed E-state index contributed by atoms with van der Waals surface area (Å²) >= 11 is 0. The zero-order valence-electron chi connectivity index (χ0n) is 11.6. The van der Waals surface area contributed by atoms with Crippen LogP contribution in [-0.4, -0.2) is 52.4 Å². The minimum absolute atomic E-state index is 0.318. The minimum Gasteiger partial charge on any atom is -0.478 e. The Bertz CT molecular complexity index is 442. The van der Waals surface area contributed by atoms with Gasteiger partial charge in [-0.3, -0.25) is 9.58 Å². The second-order valence-corrected chi connectivity index (χ2v) is 5.23. The van der Waals surface area contributed by atoms with Crippen LogP contribution in [0.5, 0.6) is 0 Å². The van der Waals surface area contributed by atoms with Crippen LogP contribution in [0, 0.1) is 5.92 Å². The number of nitrogens with zero attached hydrogens (tertiary/aromatic N) is 3. The Morgan fingerprint density at radius 2 is 2.42 bits per heavy atom. The molecule has 6 nitrogen and oxygen atoms in total. The molecule has 1 fully saturated rings. The molecule has 0 aliphatic carbocycles. The summed E-state index contributed by atoms with van der Waals surface area (Å²) in [5.74, 6) is -0.243. The molecule has 1 saturated heterocycles. The number of aryl methyl sites for hydroxylation is 1. The van der Waals surface area contributed by atoms with Gasteiger partial charge in [-0.1, -0.05) is 0 Å². The van der Waals surface area contributed by atoms with Gasteiger partial charge in [0.1, 0.15) is 5.56 Å². The molecule has 1 atom stereocenters. The summed E-state index contributed by atoms with van der Waals surface area (Å²) in [5, 5.41) is 16.4. The summed E-state index contributed by atoms with van der Waals surface area (Å²) in [5.41, 5.74) is 1.11. The van der Waals surface area contributed by atoms with Crippen LogP contribution in [0.2, 0.25) is 0 Å². The number of nitrogens with one attached hydrogen (secondary N) is 1. The largest absolute Gasteiger partial charge is 0.478 e. The third-order valence-corrected chi connectivity index (χ3v) is 3.76. The van der Waals surface area contributed by atoms with Crippen molar-refractivity contribution in [3.8, 4) is 0 Å². The lowest BCUT2D eigenvalue weighted by atomic mass is 9.98. The fourth-order valence-corrected chi connectivity index (χ4v) is 2.79. The molecule has 2 rings (SSSR count). The van der Waals surface area contributed by atoms with Crippen molar-refractivity contribution in [2.45, 2.75) is 19.4 Å². The van der Waals surface area contributed by atoms with Crippen LogP contribution < -0.4 is 5.32 Å². The number of aromatic carboxylic acids is 1. The van der Waals surface area contributed by atoms with Gasteiger partial charge >= 0.3 is 5.97 Å². The molecular formula is C13H22N4O2. The average Bonchev–Trinajstić information content (AvgIpc) is 2.72. The fraction of sp³-hybridized carbons (Fsp3) is 0.692. The van der Waals surface area contributed by atoms with Gasteiger partial charge in [0, 0.05) is 20.1 Å². The van der Waals surface area contributed by atoms with Crippen LogP contribution >= 0.6 is 0 Å². The molecule has 6 heteroatoms. The lowest BCUT2D eigenvalue weighted by Crippen LogP contribution is -2.39. The Morgan fingerprint density at radius 3 is 3.11 bits per heavy atom. The van der Waals surface area contributed by atoms with Gasteiger partial charge in [0.25, 0.3) is 0 Å². The minimum atomic E-state index is -0.896. The van der Waals surface area contributed by atoms with E-state index < -0.39 is 5.97 Å². The predicted octanol–water partition coefficient (Wildman–Crippen LogP) is 0.550. The summed E-state index contributed by atoms with van der Waals surface area (Å²) in [4.78, 5) is 13.5. The van der Waals surface area contributed by atoms with E-state index in [4.69, 9.17) is 5.11 Å². The highest BCUT2D eigenvalue weighted by Crippen LogP contribution is 2.19. The van der Waals surface area contributed by atoms with Crippen LogP contribution in [0.4, 0.5) is 0 Å². The predicted molar refractivity (Wildman–Crippen MR) is 72.1 cm³/mol. The molecule has 1 aromatic heterocycles. The number of carbonyl (C=O) groups is 1. The van der Waals surface area contributed by atoms with Gasteiger partial charge in [-0.2, -0.15) is 5.10 Å². The van der Waals surface area contributed by atoms with Crippen LogP contribution in [0.15, 0.2) is 6.20 Å². The van der Waals surface area contributed by atoms with Gasteiger partial charge in [-0.25, -0.2) is 4.79 Å². The molecule has 0 radical (unpaired) electrons. The van der Waals surface area contributed by atoms with Gasteiger partial charge in [0.05, 0.1) is 11.9 Å². The molecule has 0 aromatic carbocycles. The molecule has 2 N–H and O–H groups in total. The number of aromatic nitrogens is 2. The Hall–Kier alpha value is -1.40. The van der Waals surface area contributed by atoms with Gasteiger partial charge in [0.2, 0.25) is 0 Å². The number of piperidine rings is 1. The Kier molecular flexibility index (Phi) is 4.55. The maximum absolute atomic E-state index is 11.2. The van der Waals surface area contributed by atoms with Crippen LogP contribution in [0.3, 0.4) is 0 Å². The number of hydrogen-bond donors (Lipinski definition) is 2. The second kappa shape index (κ2) is 6.16. The van der Waals surface area contributed by atoms with Gasteiger partial charge < -0.3 is 10.4 Å². The van der Waals surface area contributed by atoms with E-state index in [-0.39, 0.29) is 0 Å². The van der Waals surface area contributed by atoms with E-state index in [2.05, 4.69) is 15.3 Å². The highest BCUT2D eigenvalue weighted by molar-refractivity contribution is 5.88. The molecule has 2 heterocycles. The zero-order chi connectivity index (χ0) is 13.8. The first-order valence-electron chi connectivity index (χ1n) is 6.73. The van der Waals surface area contributed by atoms with E-state index in [0.29, 0.717) is 18.0 Å². The molecule has 0 spiro atoms. The number of carboxylic acids is 1.